The van der Waals surface area contributed by atoms with Crippen molar-refractivity contribution in [3.63, 3.8) is 0 Å². The van der Waals surface area contributed by atoms with Crippen molar-refractivity contribution in [3.8, 4) is 0 Å². The Bertz CT molecular complexity index is 911. The van der Waals surface area contributed by atoms with E-state index in [9.17, 15) is 9.59 Å². The number of unbranched alkanes of at least 4 members (excludes halogenated alkanes) is 1. The fraction of sp³-hybridized carbons (Fsp3) is 0.538. The molecule has 1 saturated heterocycles. The standard InChI is InChI=1S/C26H34O5S2/c1-19-7-8-23-18-21(9-10-22(23)17-19)20(2)26(28)31-15-13-29-12-14-30-25(27)6-4-3-5-24-11-16-32-33-24/h7-10,17-18,20,24H,3-6,11-16H2,1-2H3/t20-,24?/m0/s1. The molecule has 3 rings (SSSR count). The Labute approximate surface area is 204 Å². The third-order valence-corrected chi connectivity index (χ3v) is 8.73. The maximum Gasteiger partial charge on any atom is 0.313 e. The van der Waals surface area contributed by atoms with Gasteiger partial charge in [0.2, 0.25) is 0 Å². The number of aryl methyl sites for hydroxylation is 1. The second-order valence-corrected chi connectivity index (χ2v) is 11.2. The summed E-state index contributed by atoms with van der Waals surface area (Å²) in [6.07, 6.45) is 4.90. The molecule has 1 unspecified atom stereocenters. The molecule has 0 aromatic heterocycles. The van der Waals surface area contributed by atoms with Gasteiger partial charge >= 0.3 is 11.9 Å². The second kappa shape index (κ2) is 13.9. The Morgan fingerprint density at radius 2 is 1.76 bits per heavy atom. The summed E-state index contributed by atoms with van der Waals surface area (Å²) in [7, 11) is 3.93. The monoisotopic (exact) mass is 490 g/mol. The lowest BCUT2D eigenvalue weighted by molar-refractivity contribution is -0.147. The van der Waals surface area contributed by atoms with Gasteiger partial charge in [0.15, 0.2) is 0 Å². The Morgan fingerprint density at radius 1 is 1.00 bits per heavy atom. The first-order valence-corrected chi connectivity index (χ1v) is 14.1. The Hall–Kier alpha value is -1.70. The number of hydrogen-bond donors (Lipinski definition) is 0. The SMILES string of the molecule is Cc1ccc2cc([C@H](C)C(=O)OCCOCCOC(=O)CCCCC3CCSS3)ccc2c1. The normalized spacial score (nSPS) is 16.6. The number of carbonyl (C=O) groups excluding carboxylic acids is 2. The van der Waals surface area contributed by atoms with E-state index < -0.39 is 0 Å². The molecule has 1 heterocycles. The van der Waals surface area contributed by atoms with Crippen molar-refractivity contribution in [2.45, 2.75) is 57.1 Å². The summed E-state index contributed by atoms with van der Waals surface area (Å²) in [6.45, 7) is 4.92. The van der Waals surface area contributed by atoms with E-state index in [4.69, 9.17) is 14.2 Å². The molecule has 0 saturated carbocycles. The van der Waals surface area contributed by atoms with Crippen LogP contribution >= 0.6 is 21.6 Å². The third-order valence-electron chi connectivity index (χ3n) is 5.72. The lowest BCUT2D eigenvalue weighted by Gasteiger charge is -2.13. The van der Waals surface area contributed by atoms with E-state index in [1.54, 1.807) is 0 Å². The van der Waals surface area contributed by atoms with Crippen LogP contribution in [0.1, 0.15) is 56.1 Å². The molecule has 7 heteroatoms. The zero-order valence-electron chi connectivity index (χ0n) is 19.5. The molecule has 0 bridgehead atoms. The van der Waals surface area contributed by atoms with Gasteiger partial charge in [-0.25, -0.2) is 0 Å². The molecular weight excluding hydrogens is 456 g/mol. The Kier molecular flexibility index (Phi) is 10.9. The minimum absolute atomic E-state index is 0.169. The van der Waals surface area contributed by atoms with Crippen molar-refractivity contribution in [1.29, 1.82) is 0 Å². The van der Waals surface area contributed by atoms with Crippen LogP contribution < -0.4 is 0 Å². The van der Waals surface area contributed by atoms with Crippen molar-refractivity contribution < 1.29 is 23.8 Å². The smallest absolute Gasteiger partial charge is 0.313 e. The minimum Gasteiger partial charge on any atom is -0.463 e. The van der Waals surface area contributed by atoms with Crippen molar-refractivity contribution >= 4 is 44.3 Å². The minimum atomic E-state index is -0.345. The lowest BCUT2D eigenvalue weighted by atomic mass is 9.97. The molecule has 0 N–H and O–H groups in total. The number of fused-ring (bicyclic) bond motifs is 1. The zero-order valence-corrected chi connectivity index (χ0v) is 21.2. The van der Waals surface area contributed by atoms with Crippen LogP contribution in [0.25, 0.3) is 10.8 Å². The van der Waals surface area contributed by atoms with Crippen LogP contribution in [0.4, 0.5) is 0 Å². The fourth-order valence-corrected chi connectivity index (χ4v) is 6.74. The van der Waals surface area contributed by atoms with Crippen LogP contribution in [0.5, 0.6) is 0 Å². The highest BCUT2D eigenvalue weighted by Gasteiger charge is 2.17. The van der Waals surface area contributed by atoms with Crippen molar-refractivity contribution in [3.05, 3.63) is 47.5 Å². The number of benzene rings is 2. The van der Waals surface area contributed by atoms with E-state index in [0.717, 1.165) is 34.4 Å². The van der Waals surface area contributed by atoms with Gasteiger partial charge in [0.25, 0.3) is 0 Å². The summed E-state index contributed by atoms with van der Waals surface area (Å²) < 4.78 is 16.0. The predicted octanol–water partition coefficient (Wildman–Crippen LogP) is 6.07. The molecule has 0 aliphatic carbocycles. The van der Waals surface area contributed by atoms with E-state index in [1.165, 1.54) is 24.2 Å². The molecule has 1 aliphatic rings. The number of rotatable bonds is 13. The van der Waals surface area contributed by atoms with Gasteiger partial charge in [-0.3, -0.25) is 9.59 Å². The highest BCUT2D eigenvalue weighted by atomic mass is 33.1. The molecular formula is C26H34O5S2. The van der Waals surface area contributed by atoms with Gasteiger partial charge in [-0.1, -0.05) is 70.0 Å². The van der Waals surface area contributed by atoms with Gasteiger partial charge in [0.05, 0.1) is 19.1 Å². The number of hydrogen-bond acceptors (Lipinski definition) is 7. The van der Waals surface area contributed by atoms with Gasteiger partial charge in [-0.15, -0.1) is 0 Å². The van der Waals surface area contributed by atoms with Crippen LogP contribution in [0, 0.1) is 6.92 Å². The number of ether oxygens (including phenoxy) is 3. The molecule has 33 heavy (non-hydrogen) atoms. The molecule has 1 fully saturated rings. The Morgan fingerprint density at radius 3 is 2.55 bits per heavy atom. The summed E-state index contributed by atoms with van der Waals surface area (Å²) in [4.78, 5) is 24.1. The second-order valence-electron chi connectivity index (χ2n) is 8.41. The molecule has 2 aromatic carbocycles. The van der Waals surface area contributed by atoms with E-state index in [-0.39, 0.29) is 37.7 Å². The summed E-state index contributed by atoms with van der Waals surface area (Å²) in [5.74, 6) is 0.464. The number of carbonyl (C=O) groups is 2. The first-order valence-electron chi connectivity index (χ1n) is 11.7. The van der Waals surface area contributed by atoms with Crippen molar-refractivity contribution in [2.75, 3.05) is 32.2 Å². The summed E-state index contributed by atoms with van der Waals surface area (Å²) >= 11 is 0. The van der Waals surface area contributed by atoms with E-state index in [2.05, 4.69) is 25.1 Å². The Balaban J connectivity index is 1.22. The summed E-state index contributed by atoms with van der Waals surface area (Å²) in [5, 5.41) is 3.03. The summed E-state index contributed by atoms with van der Waals surface area (Å²) in [6, 6.07) is 12.3. The average Bonchev–Trinajstić information content (AvgIpc) is 3.34. The quantitative estimate of drug-likeness (QED) is 0.192. The van der Waals surface area contributed by atoms with Gasteiger partial charge in [-0.2, -0.15) is 0 Å². The highest BCUT2D eigenvalue weighted by Crippen LogP contribution is 2.39. The first kappa shape index (κ1) is 25.9. The van der Waals surface area contributed by atoms with Crippen molar-refractivity contribution in [2.24, 2.45) is 0 Å². The molecule has 5 nitrogen and oxygen atoms in total. The largest absolute Gasteiger partial charge is 0.463 e. The molecule has 0 spiro atoms. The predicted molar refractivity (Wildman–Crippen MR) is 137 cm³/mol. The zero-order chi connectivity index (χ0) is 23.5. The summed E-state index contributed by atoms with van der Waals surface area (Å²) in [5.41, 5.74) is 2.15. The molecule has 2 aromatic rings. The van der Waals surface area contributed by atoms with E-state index in [1.807, 2.05) is 46.7 Å². The molecule has 2 atom stereocenters. The molecule has 180 valence electrons. The average molecular weight is 491 g/mol. The van der Waals surface area contributed by atoms with Gasteiger partial charge < -0.3 is 14.2 Å². The topological polar surface area (TPSA) is 61.8 Å². The van der Waals surface area contributed by atoms with Crippen LogP contribution in [0.2, 0.25) is 0 Å². The first-order chi connectivity index (χ1) is 16.0. The van der Waals surface area contributed by atoms with Gasteiger partial charge in [0, 0.05) is 17.4 Å². The van der Waals surface area contributed by atoms with Gasteiger partial charge in [-0.05, 0) is 49.4 Å². The van der Waals surface area contributed by atoms with Crippen LogP contribution in [0.3, 0.4) is 0 Å². The van der Waals surface area contributed by atoms with E-state index >= 15 is 0 Å². The number of esters is 2. The van der Waals surface area contributed by atoms with Crippen LogP contribution in [-0.2, 0) is 23.8 Å². The van der Waals surface area contributed by atoms with E-state index in [0.29, 0.717) is 13.0 Å². The highest BCUT2D eigenvalue weighted by molar-refractivity contribution is 8.77. The lowest BCUT2D eigenvalue weighted by Crippen LogP contribution is -2.17. The molecule has 0 radical (unpaired) electrons. The van der Waals surface area contributed by atoms with Gasteiger partial charge in [0.1, 0.15) is 13.2 Å². The molecule has 0 amide bonds. The van der Waals surface area contributed by atoms with Crippen LogP contribution in [-0.4, -0.2) is 49.4 Å². The third kappa shape index (κ3) is 8.87. The molecule has 1 aliphatic heterocycles. The van der Waals surface area contributed by atoms with Crippen LogP contribution in [0.15, 0.2) is 36.4 Å². The fourth-order valence-electron chi connectivity index (χ4n) is 3.71. The maximum absolute atomic E-state index is 12.4. The maximum atomic E-state index is 12.4. The van der Waals surface area contributed by atoms with Crippen molar-refractivity contribution in [1.82, 2.24) is 0 Å².